The SMILES string of the molecule is [2H]c1c([2H])c([2H])c(-c2ccc3c4ccccc4n(-c4ccc(-c5ccccc5)cc4)c3c2)c([2H])c1[2H]. The summed E-state index contributed by atoms with van der Waals surface area (Å²) in [4.78, 5) is 0. The zero-order valence-electron chi connectivity index (χ0n) is 21.7. The van der Waals surface area contributed by atoms with Gasteiger partial charge in [-0.2, -0.15) is 0 Å². The Bertz CT molecular complexity index is 1740. The molecule has 0 saturated heterocycles. The summed E-state index contributed by atoms with van der Waals surface area (Å²) >= 11 is 0. The van der Waals surface area contributed by atoms with Crippen LogP contribution in [0.3, 0.4) is 0 Å². The molecule has 0 atom stereocenters. The van der Waals surface area contributed by atoms with Crippen molar-refractivity contribution in [3.8, 4) is 27.9 Å². The number of fused-ring (bicyclic) bond motifs is 3. The lowest BCUT2D eigenvalue weighted by molar-refractivity contribution is 1.18. The maximum Gasteiger partial charge on any atom is 0.0629 e. The third-order valence-corrected chi connectivity index (χ3v) is 5.70. The topological polar surface area (TPSA) is 4.93 Å². The molecule has 0 bridgehead atoms. The second-order valence-corrected chi connectivity index (χ2v) is 7.50. The molecule has 31 heavy (non-hydrogen) atoms. The summed E-state index contributed by atoms with van der Waals surface area (Å²) in [6.07, 6.45) is 0. The predicted molar refractivity (Wildman–Crippen MR) is 132 cm³/mol. The van der Waals surface area contributed by atoms with Gasteiger partial charge in [0.15, 0.2) is 0 Å². The fraction of sp³-hybridized carbons (Fsp3) is 0. The van der Waals surface area contributed by atoms with Crippen molar-refractivity contribution < 1.29 is 6.85 Å². The minimum Gasteiger partial charge on any atom is -0.309 e. The van der Waals surface area contributed by atoms with Crippen LogP contribution in [-0.2, 0) is 0 Å². The fourth-order valence-electron chi connectivity index (χ4n) is 4.23. The van der Waals surface area contributed by atoms with Gasteiger partial charge in [-0.15, -0.1) is 0 Å². The number of rotatable bonds is 3. The van der Waals surface area contributed by atoms with E-state index in [1.807, 2.05) is 48.5 Å². The van der Waals surface area contributed by atoms with Gasteiger partial charge in [0.25, 0.3) is 0 Å². The molecule has 0 aliphatic heterocycles. The molecule has 6 aromatic rings. The Hall–Kier alpha value is -4.10. The van der Waals surface area contributed by atoms with Crippen LogP contribution < -0.4 is 0 Å². The van der Waals surface area contributed by atoms with Gasteiger partial charge in [0.05, 0.1) is 17.9 Å². The number of benzene rings is 5. The molecule has 5 aromatic carbocycles. The molecule has 0 amide bonds. The van der Waals surface area contributed by atoms with Crippen molar-refractivity contribution in [2.45, 2.75) is 0 Å². The van der Waals surface area contributed by atoms with Gasteiger partial charge in [-0.3, -0.25) is 0 Å². The van der Waals surface area contributed by atoms with Crippen molar-refractivity contribution in [2.75, 3.05) is 0 Å². The van der Waals surface area contributed by atoms with Crippen LogP contribution in [0.15, 0.2) is 127 Å². The molecule has 1 nitrogen and oxygen atoms in total. The summed E-state index contributed by atoms with van der Waals surface area (Å²) in [6, 6.07) is 31.1. The summed E-state index contributed by atoms with van der Waals surface area (Å²) in [5, 5.41) is 2.13. The van der Waals surface area contributed by atoms with E-state index in [1.165, 1.54) is 0 Å². The first-order valence-electron chi connectivity index (χ1n) is 12.7. The summed E-state index contributed by atoms with van der Waals surface area (Å²) in [6.45, 7) is 0. The van der Waals surface area contributed by atoms with Crippen LogP contribution in [0.1, 0.15) is 6.85 Å². The molecule has 0 aliphatic rings. The third kappa shape index (κ3) is 3.03. The number of aromatic nitrogens is 1. The molecule has 6 rings (SSSR count). The lowest BCUT2D eigenvalue weighted by atomic mass is 10.0. The van der Waals surface area contributed by atoms with E-state index in [-0.39, 0.29) is 35.8 Å². The number of hydrogen-bond donors (Lipinski definition) is 0. The monoisotopic (exact) mass is 400 g/mol. The highest BCUT2D eigenvalue weighted by atomic mass is 15.0. The summed E-state index contributed by atoms with van der Waals surface area (Å²) < 4.78 is 43.1. The fourth-order valence-corrected chi connectivity index (χ4v) is 4.23. The number of nitrogens with zero attached hydrogens (tertiary/aromatic N) is 1. The van der Waals surface area contributed by atoms with E-state index in [0.29, 0.717) is 5.56 Å². The first-order chi connectivity index (χ1) is 17.5. The van der Waals surface area contributed by atoms with Crippen LogP contribution in [0.5, 0.6) is 0 Å². The second kappa shape index (κ2) is 7.30. The van der Waals surface area contributed by atoms with Crippen molar-refractivity contribution in [3.63, 3.8) is 0 Å². The van der Waals surface area contributed by atoms with E-state index in [1.54, 1.807) is 0 Å². The summed E-state index contributed by atoms with van der Waals surface area (Å²) in [7, 11) is 0. The normalized spacial score (nSPS) is 13.5. The van der Waals surface area contributed by atoms with Crippen LogP contribution in [-0.4, -0.2) is 4.57 Å². The lowest BCUT2D eigenvalue weighted by Crippen LogP contribution is -1.94. The molecular formula is C30H21N. The highest BCUT2D eigenvalue weighted by molar-refractivity contribution is 6.10. The quantitative estimate of drug-likeness (QED) is 0.283. The van der Waals surface area contributed by atoms with Crippen molar-refractivity contribution in [1.29, 1.82) is 0 Å². The van der Waals surface area contributed by atoms with Crippen molar-refractivity contribution in [1.82, 2.24) is 4.57 Å². The Morgan fingerprint density at radius 3 is 1.94 bits per heavy atom. The Kier molecular flexibility index (Phi) is 3.12. The molecule has 0 fully saturated rings. The van der Waals surface area contributed by atoms with E-state index in [0.717, 1.165) is 38.6 Å². The van der Waals surface area contributed by atoms with E-state index in [4.69, 9.17) is 6.85 Å². The Morgan fingerprint density at radius 2 is 1.13 bits per heavy atom. The first kappa shape index (κ1) is 13.3. The van der Waals surface area contributed by atoms with Gasteiger partial charge < -0.3 is 4.57 Å². The van der Waals surface area contributed by atoms with E-state index in [9.17, 15) is 0 Å². The smallest absolute Gasteiger partial charge is 0.0629 e. The molecule has 0 N–H and O–H groups in total. The molecule has 0 aliphatic carbocycles. The van der Waals surface area contributed by atoms with Crippen LogP contribution in [0.25, 0.3) is 49.7 Å². The molecule has 0 radical (unpaired) electrons. The van der Waals surface area contributed by atoms with E-state index >= 15 is 0 Å². The van der Waals surface area contributed by atoms with Gasteiger partial charge in [-0.25, -0.2) is 0 Å². The average Bonchev–Trinajstić information content (AvgIpc) is 3.25. The third-order valence-electron chi connectivity index (χ3n) is 5.70. The molecule has 0 saturated carbocycles. The highest BCUT2D eigenvalue weighted by Crippen LogP contribution is 2.35. The summed E-state index contributed by atoms with van der Waals surface area (Å²) in [5.41, 5.74) is 6.00. The van der Waals surface area contributed by atoms with Gasteiger partial charge in [-0.1, -0.05) is 103 Å². The van der Waals surface area contributed by atoms with Crippen LogP contribution in [0, 0.1) is 0 Å². The predicted octanol–water partition coefficient (Wildman–Crippen LogP) is 8.12. The maximum absolute atomic E-state index is 8.43. The minimum absolute atomic E-state index is 0.199. The van der Waals surface area contributed by atoms with Crippen molar-refractivity contribution in [2.24, 2.45) is 0 Å². The molecule has 1 heterocycles. The zero-order chi connectivity index (χ0) is 25.0. The number of hydrogen-bond acceptors (Lipinski definition) is 0. The van der Waals surface area contributed by atoms with Gasteiger partial charge >= 0.3 is 0 Å². The lowest BCUT2D eigenvalue weighted by Gasteiger charge is -2.10. The first-order valence-corrected chi connectivity index (χ1v) is 10.2. The molecule has 146 valence electrons. The second-order valence-electron chi connectivity index (χ2n) is 7.50. The van der Waals surface area contributed by atoms with Crippen LogP contribution >= 0.6 is 0 Å². The zero-order valence-corrected chi connectivity index (χ0v) is 16.7. The largest absolute Gasteiger partial charge is 0.309 e. The van der Waals surface area contributed by atoms with Gasteiger partial charge in [0.1, 0.15) is 0 Å². The highest BCUT2D eigenvalue weighted by Gasteiger charge is 2.13. The van der Waals surface area contributed by atoms with Crippen LogP contribution in [0.2, 0.25) is 0 Å². The van der Waals surface area contributed by atoms with Gasteiger partial charge in [-0.05, 0) is 46.5 Å². The Morgan fingerprint density at radius 1 is 0.484 bits per heavy atom. The van der Waals surface area contributed by atoms with Crippen LogP contribution in [0.4, 0.5) is 0 Å². The minimum atomic E-state index is -0.387. The molecule has 0 unspecified atom stereocenters. The molecule has 1 heteroatoms. The van der Waals surface area contributed by atoms with E-state index in [2.05, 4.69) is 53.1 Å². The molecule has 0 spiro atoms. The van der Waals surface area contributed by atoms with Gasteiger partial charge in [0, 0.05) is 16.5 Å². The maximum atomic E-state index is 8.43. The van der Waals surface area contributed by atoms with Gasteiger partial charge in [0.2, 0.25) is 0 Å². The molecule has 1 aromatic heterocycles. The van der Waals surface area contributed by atoms with Crippen molar-refractivity contribution in [3.05, 3.63) is 127 Å². The Labute approximate surface area is 188 Å². The Balaban J connectivity index is 1.60. The standard InChI is InChI=1S/C30H21N/c1-3-9-22(10-4-1)24-15-18-26(19-16-24)31-29-14-8-7-13-27(29)28-20-17-25(21-30(28)31)23-11-5-2-6-12-23/h1-21H/i2D,5D,6D,11D,12D. The molecular weight excluding hydrogens is 374 g/mol. The van der Waals surface area contributed by atoms with Crippen molar-refractivity contribution >= 4 is 21.8 Å². The average molecular weight is 401 g/mol. The summed E-state index contributed by atoms with van der Waals surface area (Å²) in [5.74, 6) is 0. The van der Waals surface area contributed by atoms with E-state index < -0.39 is 0 Å². The number of para-hydroxylation sites is 1.